The van der Waals surface area contributed by atoms with Crippen molar-refractivity contribution >= 4 is 28.3 Å². The minimum absolute atomic E-state index is 0.0618. The summed E-state index contributed by atoms with van der Waals surface area (Å²) in [5, 5.41) is 2.32. The third kappa shape index (κ3) is 3.68. The Hall–Kier alpha value is -3.34. The molecule has 3 aromatic heterocycles. The first-order chi connectivity index (χ1) is 13.8. The number of alkyl halides is 3. The lowest BCUT2D eigenvalue weighted by atomic mass is 10.1. The van der Waals surface area contributed by atoms with E-state index in [2.05, 4.69) is 25.3 Å². The molecule has 6 nitrogen and oxygen atoms in total. The van der Waals surface area contributed by atoms with Gasteiger partial charge in [0.15, 0.2) is 11.5 Å². The van der Waals surface area contributed by atoms with Crippen LogP contribution in [0.1, 0.15) is 21.6 Å². The second-order valence-electron chi connectivity index (χ2n) is 5.95. The van der Waals surface area contributed by atoms with Crippen LogP contribution in [0.4, 0.5) is 17.6 Å². The van der Waals surface area contributed by atoms with Crippen molar-refractivity contribution in [3.63, 3.8) is 0 Å². The van der Waals surface area contributed by atoms with Gasteiger partial charge in [-0.05, 0) is 18.2 Å². The number of amides is 1. The number of benzene rings is 1. The van der Waals surface area contributed by atoms with E-state index < -0.39 is 35.6 Å². The van der Waals surface area contributed by atoms with E-state index in [1.54, 1.807) is 17.8 Å². The molecule has 0 aliphatic rings. The second kappa shape index (κ2) is 7.24. The van der Waals surface area contributed by atoms with Gasteiger partial charge in [-0.15, -0.1) is 11.3 Å². The minimum atomic E-state index is -4.75. The van der Waals surface area contributed by atoms with Crippen LogP contribution in [0.2, 0.25) is 0 Å². The van der Waals surface area contributed by atoms with Crippen molar-refractivity contribution in [2.24, 2.45) is 0 Å². The number of aromatic nitrogens is 4. The van der Waals surface area contributed by atoms with Crippen LogP contribution in [0.25, 0.3) is 21.7 Å². The Bertz CT molecular complexity index is 1190. The van der Waals surface area contributed by atoms with E-state index in [0.717, 1.165) is 18.2 Å². The molecule has 1 aromatic carbocycles. The zero-order chi connectivity index (χ0) is 20.6. The summed E-state index contributed by atoms with van der Waals surface area (Å²) in [5.41, 5.74) is 0.504. The predicted molar refractivity (Wildman–Crippen MR) is 97.6 cm³/mol. The van der Waals surface area contributed by atoms with Crippen LogP contribution in [-0.2, 0) is 12.7 Å². The summed E-state index contributed by atoms with van der Waals surface area (Å²) in [5.74, 6) is -1.56. The number of hydrogen-bond donors (Lipinski definition) is 2. The quantitative estimate of drug-likeness (QED) is 0.485. The first kappa shape index (κ1) is 19.0. The Balaban J connectivity index is 1.67. The first-order valence-electron chi connectivity index (χ1n) is 8.21. The lowest BCUT2D eigenvalue weighted by molar-refractivity contribution is -0.138. The Kier molecular flexibility index (Phi) is 4.74. The van der Waals surface area contributed by atoms with Crippen LogP contribution in [-0.4, -0.2) is 25.8 Å². The number of carbonyl (C=O) groups is 1. The highest BCUT2D eigenvalue weighted by atomic mass is 32.1. The average molecular weight is 421 g/mol. The number of nitrogens with zero attached hydrogens (tertiary/aromatic N) is 3. The molecule has 0 saturated carbocycles. The van der Waals surface area contributed by atoms with Gasteiger partial charge >= 0.3 is 6.18 Å². The van der Waals surface area contributed by atoms with Crippen molar-refractivity contribution in [3.8, 4) is 10.7 Å². The fourth-order valence-corrected chi connectivity index (χ4v) is 3.36. The SMILES string of the molecule is O=C(NCc1c(F)cccc1C(F)(F)F)c1nc(-c2cncs2)nc2cc[nH]c12. The molecule has 2 N–H and O–H groups in total. The predicted octanol–water partition coefficient (Wildman–Crippen LogP) is 4.17. The third-order valence-electron chi connectivity index (χ3n) is 4.12. The molecule has 0 aliphatic carbocycles. The largest absolute Gasteiger partial charge is 0.416 e. The highest BCUT2D eigenvalue weighted by Crippen LogP contribution is 2.33. The summed E-state index contributed by atoms with van der Waals surface area (Å²) in [6.45, 7) is -0.650. The smallest absolute Gasteiger partial charge is 0.358 e. The molecule has 0 unspecified atom stereocenters. The van der Waals surface area contributed by atoms with Gasteiger partial charge in [0.1, 0.15) is 5.82 Å². The maximum absolute atomic E-state index is 14.0. The summed E-state index contributed by atoms with van der Waals surface area (Å²) in [6.07, 6.45) is -1.65. The molecule has 4 aromatic rings. The van der Waals surface area contributed by atoms with Gasteiger partial charge in [-0.2, -0.15) is 13.2 Å². The summed E-state index contributed by atoms with van der Waals surface area (Å²) >= 11 is 1.27. The normalized spacial score (nSPS) is 11.7. The first-order valence-corrected chi connectivity index (χ1v) is 9.09. The number of rotatable bonds is 4. The fraction of sp³-hybridized carbons (Fsp3) is 0.111. The van der Waals surface area contributed by atoms with Crippen LogP contribution in [0.5, 0.6) is 0 Å². The number of hydrogen-bond acceptors (Lipinski definition) is 5. The van der Waals surface area contributed by atoms with Crippen LogP contribution in [0, 0.1) is 5.82 Å². The van der Waals surface area contributed by atoms with Gasteiger partial charge in [0.2, 0.25) is 0 Å². The van der Waals surface area contributed by atoms with Gasteiger partial charge in [-0.25, -0.2) is 14.4 Å². The molecule has 1 amide bonds. The van der Waals surface area contributed by atoms with Crippen LogP contribution in [0.3, 0.4) is 0 Å². The van der Waals surface area contributed by atoms with E-state index in [1.807, 2.05) is 0 Å². The van der Waals surface area contributed by atoms with Crippen LogP contribution < -0.4 is 5.32 Å². The molecule has 0 fully saturated rings. The highest BCUT2D eigenvalue weighted by Gasteiger charge is 2.34. The van der Waals surface area contributed by atoms with Crippen molar-refractivity contribution in [1.29, 1.82) is 0 Å². The van der Waals surface area contributed by atoms with Crippen molar-refractivity contribution in [1.82, 2.24) is 25.3 Å². The number of thiazole rings is 1. The summed E-state index contributed by atoms with van der Waals surface area (Å²) in [6, 6.07) is 4.28. The van der Waals surface area contributed by atoms with E-state index in [-0.39, 0.29) is 11.5 Å². The highest BCUT2D eigenvalue weighted by molar-refractivity contribution is 7.13. The number of fused-ring (bicyclic) bond motifs is 1. The van der Waals surface area contributed by atoms with Crippen molar-refractivity contribution in [3.05, 3.63) is 64.8 Å². The standard InChI is InChI=1S/C18H11F4N5OS/c19-11-3-1-2-10(18(20,21)22)9(11)6-25-17(28)15-14-12(4-5-24-14)26-16(27-15)13-7-23-8-29-13/h1-5,7-8,24H,6H2,(H,25,28). The molecule has 29 heavy (non-hydrogen) atoms. The second-order valence-corrected chi connectivity index (χ2v) is 6.83. The lowest BCUT2D eigenvalue weighted by Crippen LogP contribution is -2.26. The topological polar surface area (TPSA) is 83.6 Å². The van der Waals surface area contributed by atoms with E-state index in [4.69, 9.17) is 0 Å². The van der Waals surface area contributed by atoms with Gasteiger partial charge in [0.25, 0.3) is 5.91 Å². The Morgan fingerprint density at radius 2 is 2.03 bits per heavy atom. The zero-order valence-electron chi connectivity index (χ0n) is 14.4. The lowest BCUT2D eigenvalue weighted by Gasteiger charge is -2.14. The third-order valence-corrected chi connectivity index (χ3v) is 4.89. The molecule has 11 heteroatoms. The van der Waals surface area contributed by atoms with Crippen molar-refractivity contribution < 1.29 is 22.4 Å². The molecule has 3 heterocycles. The fourth-order valence-electron chi connectivity index (χ4n) is 2.80. The average Bonchev–Trinajstić information content (AvgIpc) is 3.36. The van der Waals surface area contributed by atoms with Crippen molar-refractivity contribution in [2.75, 3.05) is 0 Å². The molecular formula is C18H11F4N5OS. The van der Waals surface area contributed by atoms with E-state index in [0.29, 0.717) is 15.9 Å². The van der Waals surface area contributed by atoms with E-state index in [9.17, 15) is 22.4 Å². The van der Waals surface area contributed by atoms with Crippen LogP contribution in [0.15, 0.2) is 42.2 Å². The number of aromatic amines is 1. The molecular weight excluding hydrogens is 410 g/mol. The van der Waals surface area contributed by atoms with Gasteiger partial charge in [0, 0.05) is 24.5 Å². The van der Waals surface area contributed by atoms with Crippen LogP contribution >= 0.6 is 11.3 Å². The maximum Gasteiger partial charge on any atom is 0.416 e. The maximum atomic E-state index is 14.0. The number of carbonyl (C=O) groups excluding carboxylic acids is 1. The van der Waals surface area contributed by atoms with E-state index in [1.165, 1.54) is 17.5 Å². The molecule has 0 bridgehead atoms. The molecule has 0 aliphatic heterocycles. The van der Waals surface area contributed by atoms with Gasteiger partial charge in [0.05, 0.1) is 27.0 Å². The summed E-state index contributed by atoms with van der Waals surface area (Å²) in [7, 11) is 0. The molecule has 0 spiro atoms. The minimum Gasteiger partial charge on any atom is -0.358 e. The summed E-state index contributed by atoms with van der Waals surface area (Å²) < 4.78 is 53.4. The van der Waals surface area contributed by atoms with Gasteiger partial charge in [-0.1, -0.05) is 6.07 Å². The Morgan fingerprint density at radius 3 is 2.76 bits per heavy atom. The number of nitrogens with one attached hydrogen (secondary N) is 2. The Labute approximate surface area is 164 Å². The van der Waals surface area contributed by atoms with Crippen molar-refractivity contribution in [2.45, 2.75) is 12.7 Å². The van der Waals surface area contributed by atoms with Gasteiger partial charge < -0.3 is 10.3 Å². The number of halogens is 4. The monoisotopic (exact) mass is 421 g/mol. The Morgan fingerprint density at radius 1 is 1.21 bits per heavy atom. The molecule has 148 valence electrons. The summed E-state index contributed by atoms with van der Waals surface area (Å²) in [4.78, 5) is 28.6. The van der Waals surface area contributed by atoms with E-state index >= 15 is 0 Å². The van der Waals surface area contributed by atoms with Gasteiger partial charge in [-0.3, -0.25) is 9.78 Å². The molecule has 0 radical (unpaired) electrons. The zero-order valence-corrected chi connectivity index (χ0v) is 15.2. The molecule has 0 saturated heterocycles. The molecule has 4 rings (SSSR count). The molecule has 0 atom stereocenters. The number of H-pyrrole nitrogens is 1.